The summed E-state index contributed by atoms with van der Waals surface area (Å²) >= 11 is 0. The number of hydrogen-bond acceptors (Lipinski definition) is 3. The zero-order valence-electron chi connectivity index (χ0n) is 15.0. The summed E-state index contributed by atoms with van der Waals surface area (Å²) in [5.41, 5.74) is 7.02. The van der Waals surface area contributed by atoms with Gasteiger partial charge in [-0.15, -0.1) is 0 Å². The van der Waals surface area contributed by atoms with Gasteiger partial charge in [-0.3, -0.25) is 9.78 Å². The molecule has 1 amide bonds. The number of rotatable bonds is 3. The summed E-state index contributed by atoms with van der Waals surface area (Å²) in [4.78, 5) is 19.2. The van der Waals surface area contributed by atoms with E-state index in [4.69, 9.17) is 0 Å². The fourth-order valence-corrected chi connectivity index (χ4v) is 3.39. The van der Waals surface area contributed by atoms with Crippen LogP contribution in [-0.2, 0) is 6.42 Å². The largest absolute Gasteiger partial charge is 0.341 e. The van der Waals surface area contributed by atoms with Crippen molar-refractivity contribution in [3.05, 3.63) is 83.2 Å². The number of nitrogens with one attached hydrogen (secondary N) is 1. The third kappa shape index (κ3) is 2.94. The van der Waals surface area contributed by atoms with Crippen LogP contribution in [0.25, 0.3) is 0 Å². The summed E-state index contributed by atoms with van der Waals surface area (Å²) < 4.78 is 0. The van der Waals surface area contributed by atoms with E-state index in [1.807, 2.05) is 50.2 Å². The molecule has 0 bridgehead atoms. The molecule has 0 atom stereocenters. The Bertz CT molecular complexity index is 981. The fourth-order valence-electron chi connectivity index (χ4n) is 3.39. The molecule has 1 aliphatic rings. The van der Waals surface area contributed by atoms with Crippen molar-refractivity contribution in [3.8, 4) is 0 Å². The molecule has 0 saturated carbocycles. The van der Waals surface area contributed by atoms with Crippen LogP contribution in [0.2, 0.25) is 0 Å². The quantitative estimate of drug-likeness (QED) is 0.753. The number of para-hydroxylation sites is 1. The van der Waals surface area contributed by atoms with E-state index in [2.05, 4.69) is 33.4 Å². The Morgan fingerprint density at radius 1 is 1.08 bits per heavy atom. The van der Waals surface area contributed by atoms with Crippen molar-refractivity contribution in [2.75, 3.05) is 16.8 Å². The molecular weight excluding hydrogens is 322 g/mol. The first-order chi connectivity index (χ1) is 12.6. The molecule has 0 radical (unpaired) electrons. The second-order valence-corrected chi connectivity index (χ2v) is 6.63. The molecule has 0 saturated heterocycles. The van der Waals surface area contributed by atoms with Gasteiger partial charge in [-0.25, -0.2) is 0 Å². The van der Waals surface area contributed by atoms with Gasteiger partial charge in [-0.2, -0.15) is 0 Å². The Hall–Kier alpha value is -3.14. The van der Waals surface area contributed by atoms with Crippen LogP contribution in [0.1, 0.15) is 27.2 Å². The number of nitrogens with zero attached hydrogens (tertiary/aromatic N) is 2. The molecule has 3 aromatic rings. The molecule has 0 aliphatic carbocycles. The van der Waals surface area contributed by atoms with Crippen molar-refractivity contribution in [2.45, 2.75) is 20.3 Å². The molecule has 0 fully saturated rings. The first-order valence-corrected chi connectivity index (χ1v) is 8.82. The number of benzene rings is 2. The van der Waals surface area contributed by atoms with E-state index in [-0.39, 0.29) is 5.91 Å². The molecular formula is C22H21N3O. The van der Waals surface area contributed by atoms with Gasteiger partial charge in [0.25, 0.3) is 5.91 Å². The number of anilines is 3. The number of pyridine rings is 1. The van der Waals surface area contributed by atoms with Crippen LogP contribution < -0.4 is 10.2 Å². The van der Waals surface area contributed by atoms with Crippen molar-refractivity contribution >= 4 is 23.0 Å². The molecule has 0 spiro atoms. The maximum Gasteiger partial charge on any atom is 0.274 e. The number of fused-ring (bicyclic) bond motifs is 1. The summed E-state index contributed by atoms with van der Waals surface area (Å²) in [6, 6.07) is 18.1. The Kier molecular flexibility index (Phi) is 4.17. The standard InChI is InChI=1S/C22H21N3O/c1-15-6-5-8-19(16(15)2)24-22(26)20-14-18(10-12-23-20)25-13-11-17-7-3-4-9-21(17)25/h3-10,12,14H,11,13H2,1-2H3,(H,24,26). The zero-order chi connectivity index (χ0) is 18.1. The minimum atomic E-state index is -0.187. The maximum atomic E-state index is 12.7. The van der Waals surface area contributed by atoms with Crippen molar-refractivity contribution in [1.82, 2.24) is 4.98 Å². The van der Waals surface area contributed by atoms with Gasteiger partial charge in [0.1, 0.15) is 5.69 Å². The highest BCUT2D eigenvalue weighted by Crippen LogP contribution is 2.34. The lowest BCUT2D eigenvalue weighted by Crippen LogP contribution is -2.17. The molecule has 4 heteroatoms. The van der Waals surface area contributed by atoms with Crippen LogP contribution >= 0.6 is 0 Å². The van der Waals surface area contributed by atoms with E-state index in [9.17, 15) is 4.79 Å². The molecule has 1 aromatic heterocycles. The van der Waals surface area contributed by atoms with Crippen molar-refractivity contribution < 1.29 is 4.79 Å². The second kappa shape index (κ2) is 6.64. The number of carbonyl (C=O) groups excluding carboxylic acids is 1. The minimum Gasteiger partial charge on any atom is -0.341 e. The Morgan fingerprint density at radius 2 is 1.92 bits per heavy atom. The van der Waals surface area contributed by atoms with Crippen LogP contribution in [0.3, 0.4) is 0 Å². The predicted octanol–water partition coefficient (Wildman–Crippen LogP) is 4.64. The third-order valence-corrected chi connectivity index (χ3v) is 5.03. The first kappa shape index (κ1) is 16.3. The topological polar surface area (TPSA) is 45.2 Å². The predicted molar refractivity (Wildman–Crippen MR) is 105 cm³/mol. The molecule has 2 aromatic carbocycles. The van der Waals surface area contributed by atoms with E-state index in [0.717, 1.165) is 35.5 Å². The Balaban J connectivity index is 1.60. The van der Waals surface area contributed by atoms with Crippen LogP contribution in [-0.4, -0.2) is 17.4 Å². The normalized spacial score (nSPS) is 12.8. The highest BCUT2D eigenvalue weighted by molar-refractivity contribution is 6.04. The summed E-state index contributed by atoms with van der Waals surface area (Å²) in [7, 11) is 0. The lowest BCUT2D eigenvalue weighted by atomic mass is 10.1. The van der Waals surface area contributed by atoms with Gasteiger partial charge in [0.2, 0.25) is 0 Å². The van der Waals surface area contributed by atoms with E-state index in [1.54, 1.807) is 6.20 Å². The van der Waals surface area contributed by atoms with Gasteiger partial charge in [0, 0.05) is 29.8 Å². The van der Waals surface area contributed by atoms with Gasteiger partial charge in [0.05, 0.1) is 0 Å². The van der Waals surface area contributed by atoms with Gasteiger partial charge < -0.3 is 10.2 Å². The van der Waals surface area contributed by atoms with Gasteiger partial charge in [0.15, 0.2) is 0 Å². The SMILES string of the molecule is Cc1cccc(NC(=O)c2cc(N3CCc4ccccc43)ccn2)c1C. The van der Waals surface area contributed by atoms with Gasteiger partial charge in [-0.05, 0) is 61.2 Å². The summed E-state index contributed by atoms with van der Waals surface area (Å²) in [6.45, 7) is 4.96. The summed E-state index contributed by atoms with van der Waals surface area (Å²) in [6.07, 6.45) is 2.72. The van der Waals surface area contributed by atoms with Crippen LogP contribution in [0.5, 0.6) is 0 Å². The van der Waals surface area contributed by atoms with Crippen molar-refractivity contribution in [1.29, 1.82) is 0 Å². The zero-order valence-corrected chi connectivity index (χ0v) is 15.0. The second-order valence-electron chi connectivity index (χ2n) is 6.63. The van der Waals surface area contributed by atoms with E-state index in [1.165, 1.54) is 11.3 Å². The highest BCUT2D eigenvalue weighted by Gasteiger charge is 2.21. The lowest BCUT2D eigenvalue weighted by Gasteiger charge is -2.20. The van der Waals surface area contributed by atoms with Crippen molar-refractivity contribution in [3.63, 3.8) is 0 Å². The van der Waals surface area contributed by atoms with Crippen LogP contribution in [0.15, 0.2) is 60.8 Å². The smallest absolute Gasteiger partial charge is 0.274 e. The highest BCUT2D eigenvalue weighted by atomic mass is 16.1. The van der Waals surface area contributed by atoms with E-state index >= 15 is 0 Å². The van der Waals surface area contributed by atoms with E-state index < -0.39 is 0 Å². The van der Waals surface area contributed by atoms with Gasteiger partial charge in [-0.1, -0.05) is 30.3 Å². The minimum absolute atomic E-state index is 0.187. The summed E-state index contributed by atoms with van der Waals surface area (Å²) in [5.74, 6) is -0.187. The molecule has 26 heavy (non-hydrogen) atoms. The fraction of sp³-hybridized carbons (Fsp3) is 0.182. The van der Waals surface area contributed by atoms with Crippen molar-refractivity contribution in [2.24, 2.45) is 0 Å². The molecule has 2 heterocycles. The van der Waals surface area contributed by atoms with Crippen LogP contribution in [0.4, 0.5) is 17.1 Å². The van der Waals surface area contributed by atoms with E-state index in [0.29, 0.717) is 5.69 Å². The monoisotopic (exact) mass is 343 g/mol. The molecule has 130 valence electrons. The molecule has 1 aliphatic heterocycles. The number of aromatic nitrogens is 1. The average molecular weight is 343 g/mol. The molecule has 4 nitrogen and oxygen atoms in total. The lowest BCUT2D eigenvalue weighted by molar-refractivity contribution is 0.102. The Morgan fingerprint density at radius 3 is 2.81 bits per heavy atom. The van der Waals surface area contributed by atoms with Crippen LogP contribution in [0, 0.1) is 13.8 Å². The number of hydrogen-bond donors (Lipinski definition) is 1. The Labute approximate surface area is 153 Å². The maximum absolute atomic E-state index is 12.7. The summed E-state index contributed by atoms with van der Waals surface area (Å²) in [5, 5.41) is 2.98. The average Bonchev–Trinajstić information content (AvgIpc) is 3.10. The molecule has 1 N–H and O–H groups in total. The number of amides is 1. The number of aryl methyl sites for hydroxylation is 1. The third-order valence-electron chi connectivity index (χ3n) is 5.03. The number of carbonyl (C=O) groups is 1. The first-order valence-electron chi connectivity index (χ1n) is 8.82. The molecule has 4 rings (SSSR count). The van der Waals surface area contributed by atoms with Gasteiger partial charge >= 0.3 is 0 Å². The molecule has 0 unspecified atom stereocenters.